The van der Waals surface area contributed by atoms with Crippen LogP contribution in [0.15, 0.2) is 36.1 Å². The van der Waals surface area contributed by atoms with E-state index in [-0.39, 0.29) is 5.91 Å². The lowest BCUT2D eigenvalue weighted by atomic mass is 10.1. The molecule has 7 heteroatoms. The predicted octanol–water partition coefficient (Wildman–Crippen LogP) is 1.51. The first-order chi connectivity index (χ1) is 10.2. The first-order valence-electron chi connectivity index (χ1n) is 6.69. The van der Waals surface area contributed by atoms with Crippen LogP contribution in [0.2, 0.25) is 0 Å². The molecule has 0 bridgehead atoms. The number of amides is 1. The summed E-state index contributed by atoms with van der Waals surface area (Å²) in [5.74, 6) is 0.509. The average molecular weight is 285 g/mol. The highest BCUT2D eigenvalue weighted by Gasteiger charge is 2.14. The molecule has 0 fully saturated rings. The average Bonchev–Trinajstić information content (AvgIpc) is 2.94. The Morgan fingerprint density at radius 2 is 2.33 bits per heavy atom. The van der Waals surface area contributed by atoms with E-state index in [0.717, 1.165) is 18.4 Å². The number of carbonyl (C=O) groups is 1. The van der Waals surface area contributed by atoms with Gasteiger partial charge in [-0.25, -0.2) is 4.68 Å². The van der Waals surface area contributed by atoms with Gasteiger partial charge in [0.2, 0.25) is 0 Å². The van der Waals surface area contributed by atoms with Crippen molar-refractivity contribution in [1.29, 1.82) is 0 Å². The summed E-state index contributed by atoms with van der Waals surface area (Å²) in [5.41, 5.74) is 2.20. The molecule has 2 heterocycles. The van der Waals surface area contributed by atoms with Crippen molar-refractivity contribution in [3.63, 3.8) is 0 Å². The molecule has 1 aliphatic heterocycles. The van der Waals surface area contributed by atoms with Crippen molar-refractivity contribution >= 4 is 11.6 Å². The summed E-state index contributed by atoms with van der Waals surface area (Å²) in [6.45, 7) is 0.672. The van der Waals surface area contributed by atoms with Gasteiger partial charge < -0.3 is 10.1 Å². The molecular weight excluding hydrogens is 270 g/mol. The van der Waals surface area contributed by atoms with Gasteiger partial charge in [0.1, 0.15) is 0 Å². The molecule has 2 aromatic rings. The Morgan fingerprint density at radius 3 is 3.05 bits per heavy atom. The Hall–Kier alpha value is -2.70. The van der Waals surface area contributed by atoms with Crippen molar-refractivity contribution in [2.75, 3.05) is 11.9 Å². The molecule has 7 nitrogen and oxygen atoms in total. The van der Waals surface area contributed by atoms with Gasteiger partial charge in [-0.05, 0) is 35.4 Å². The van der Waals surface area contributed by atoms with E-state index in [9.17, 15) is 4.79 Å². The summed E-state index contributed by atoms with van der Waals surface area (Å²) >= 11 is 0. The molecular formula is C14H15N5O2. The monoisotopic (exact) mass is 285 g/mol. The van der Waals surface area contributed by atoms with Gasteiger partial charge in [0, 0.05) is 18.3 Å². The molecule has 21 heavy (non-hydrogen) atoms. The Morgan fingerprint density at radius 1 is 1.43 bits per heavy atom. The van der Waals surface area contributed by atoms with Gasteiger partial charge in [-0.15, -0.1) is 5.10 Å². The molecule has 1 aromatic heterocycles. The number of hydrogen-bond acceptors (Lipinski definition) is 5. The van der Waals surface area contributed by atoms with Gasteiger partial charge in [-0.1, -0.05) is 12.1 Å². The predicted molar refractivity (Wildman–Crippen MR) is 76.1 cm³/mol. The van der Waals surface area contributed by atoms with Crippen molar-refractivity contribution in [1.82, 2.24) is 20.2 Å². The lowest BCUT2D eigenvalue weighted by Gasteiger charge is -2.13. The lowest BCUT2D eigenvalue weighted by Crippen LogP contribution is -2.17. The quantitative estimate of drug-likeness (QED) is 0.924. The summed E-state index contributed by atoms with van der Waals surface area (Å²) in [7, 11) is 1.77. The summed E-state index contributed by atoms with van der Waals surface area (Å²) in [4.78, 5) is 12.1. The Kier molecular flexibility index (Phi) is 3.63. The molecule has 0 aliphatic carbocycles. The van der Waals surface area contributed by atoms with E-state index in [1.807, 2.05) is 24.3 Å². The van der Waals surface area contributed by atoms with Crippen LogP contribution in [0.25, 0.3) is 11.4 Å². The Bertz CT molecular complexity index is 692. The molecule has 1 aliphatic rings. The van der Waals surface area contributed by atoms with Crippen LogP contribution in [0.1, 0.15) is 12.8 Å². The number of ether oxygens (including phenoxy) is 1. The van der Waals surface area contributed by atoms with Crippen molar-refractivity contribution in [3.05, 3.63) is 36.1 Å². The smallest absolute Gasteiger partial charge is 0.254 e. The Labute approximate surface area is 121 Å². The number of tetrazole rings is 1. The minimum absolute atomic E-state index is 0.136. The highest BCUT2D eigenvalue weighted by atomic mass is 16.5. The number of anilines is 1. The van der Waals surface area contributed by atoms with Crippen LogP contribution in [0.4, 0.5) is 5.69 Å². The van der Waals surface area contributed by atoms with Gasteiger partial charge in [-0.2, -0.15) is 0 Å². The molecule has 1 aromatic carbocycles. The first-order valence-corrected chi connectivity index (χ1v) is 6.69. The van der Waals surface area contributed by atoms with Crippen molar-refractivity contribution < 1.29 is 9.53 Å². The van der Waals surface area contributed by atoms with E-state index < -0.39 is 0 Å². The normalized spacial score (nSPS) is 14.2. The largest absolute Gasteiger partial charge is 0.501 e. The van der Waals surface area contributed by atoms with E-state index in [1.54, 1.807) is 11.7 Å². The van der Waals surface area contributed by atoms with E-state index in [1.165, 1.54) is 6.26 Å². The maximum Gasteiger partial charge on any atom is 0.254 e. The zero-order valence-electron chi connectivity index (χ0n) is 11.6. The first kappa shape index (κ1) is 13.3. The third-order valence-corrected chi connectivity index (χ3v) is 3.22. The van der Waals surface area contributed by atoms with Crippen LogP contribution < -0.4 is 5.32 Å². The molecule has 0 atom stereocenters. The second-order valence-electron chi connectivity index (χ2n) is 4.78. The number of aromatic nitrogens is 4. The van der Waals surface area contributed by atoms with E-state index >= 15 is 0 Å². The maximum absolute atomic E-state index is 12.1. The number of aryl methyl sites for hydroxylation is 1. The molecule has 0 spiro atoms. The van der Waals surface area contributed by atoms with Crippen LogP contribution in [0.3, 0.4) is 0 Å². The number of nitrogens with one attached hydrogen (secondary N) is 1. The van der Waals surface area contributed by atoms with Gasteiger partial charge in [0.15, 0.2) is 5.82 Å². The second kappa shape index (κ2) is 5.74. The van der Waals surface area contributed by atoms with E-state index in [4.69, 9.17) is 4.74 Å². The highest BCUT2D eigenvalue weighted by molar-refractivity contribution is 6.03. The van der Waals surface area contributed by atoms with Crippen LogP contribution in [-0.4, -0.2) is 32.7 Å². The van der Waals surface area contributed by atoms with Crippen molar-refractivity contribution in [2.45, 2.75) is 12.8 Å². The summed E-state index contributed by atoms with van der Waals surface area (Å²) in [6.07, 6.45) is 3.14. The molecule has 108 valence electrons. The number of carbonyl (C=O) groups excluding carboxylic acids is 1. The van der Waals surface area contributed by atoms with Crippen molar-refractivity contribution in [2.24, 2.45) is 7.05 Å². The summed E-state index contributed by atoms with van der Waals surface area (Å²) < 4.78 is 6.77. The minimum Gasteiger partial charge on any atom is -0.501 e. The molecule has 1 amide bonds. The van der Waals surface area contributed by atoms with Crippen LogP contribution in [-0.2, 0) is 16.6 Å². The van der Waals surface area contributed by atoms with Crippen LogP contribution in [0.5, 0.6) is 0 Å². The molecule has 0 saturated heterocycles. The fourth-order valence-electron chi connectivity index (χ4n) is 2.15. The topological polar surface area (TPSA) is 81.9 Å². The third-order valence-electron chi connectivity index (χ3n) is 3.22. The highest BCUT2D eigenvalue weighted by Crippen LogP contribution is 2.21. The molecule has 0 unspecified atom stereocenters. The Balaban J connectivity index is 1.79. The second-order valence-corrected chi connectivity index (χ2v) is 4.78. The molecule has 3 rings (SSSR count). The van der Waals surface area contributed by atoms with E-state index in [0.29, 0.717) is 23.7 Å². The van der Waals surface area contributed by atoms with Gasteiger partial charge in [-0.3, -0.25) is 4.79 Å². The third kappa shape index (κ3) is 2.91. The lowest BCUT2D eigenvalue weighted by molar-refractivity contribution is -0.113. The fourth-order valence-corrected chi connectivity index (χ4v) is 2.15. The fraction of sp³-hybridized carbons (Fsp3) is 0.286. The number of hydrogen-bond donors (Lipinski definition) is 1. The minimum atomic E-state index is -0.136. The van der Waals surface area contributed by atoms with Gasteiger partial charge >= 0.3 is 0 Å². The standard InChI is InChI=1S/C14H15N5O2/c1-19-13(16-17-18-19)10-4-2-6-12(8-10)15-14(20)11-5-3-7-21-9-11/h2,4,6,8-9H,3,5,7H2,1H3,(H,15,20). The number of rotatable bonds is 3. The van der Waals surface area contributed by atoms with E-state index in [2.05, 4.69) is 20.8 Å². The number of nitrogens with zero attached hydrogens (tertiary/aromatic N) is 4. The van der Waals surface area contributed by atoms with Crippen LogP contribution >= 0.6 is 0 Å². The van der Waals surface area contributed by atoms with Gasteiger partial charge in [0.25, 0.3) is 5.91 Å². The van der Waals surface area contributed by atoms with Crippen LogP contribution in [0, 0.1) is 0 Å². The molecule has 0 saturated carbocycles. The zero-order chi connectivity index (χ0) is 14.7. The SMILES string of the molecule is Cn1nnnc1-c1cccc(NC(=O)C2=COCCC2)c1. The maximum atomic E-state index is 12.1. The summed E-state index contributed by atoms with van der Waals surface area (Å²) in [5, 5.41) is 14.2. The van der Waals surface area contributed by atoms with Crippen molar-refractivity contribution in [3.8, 4) is 11.4 Å². The summed E-state index contributed by atoms with van der Waals surface area (Å²) in [6, 6.07) is 7.42. The zero-order valence-corrected chi connectivity index (χ0v) is 11.6. The van der Waals surface area contributed by atoms with Gasteiger partial charge in [0.05, 0.1) is 18.4 Å². The molecule has 1 N–H and O–H groups in total. The molecule has 0 radical (unpaired) electrons. The number of benzene rings is 1.